The van der Waals surface area contributed by atoms with Crippen LogP contribution in [0.4, 0.5) is 0 Å². The molecule has 5 aliphatic carbocycles. The number of hydrazine groups is 1. The zero-order valence-corrected chi connectivity index (χ0v) is 20.9. The van der Waals surface area contributed by atoms with Crippen molar-refractivity contribution in [3.05, 3.63) is 35.7 Å². The molecule has 0 aromatic rings. The highest BCUT2D eigenvalue weighted by Crippen LogP contribution is 2.65. The highest BCUT2D eigenvalue weighted by Gasteiger charge is 2.57. The first kappa shape index (κ1) is 22.6. The lowest BCUT2D eigenvalue weighted by Gasteiger charge is -2.56. The third kappa shape index (κ3) is 3.67. The van der Waals surface area contributed by atoms with Crippen molar-refractivity contribution in [1.29, 1.82) is 0 Å². The quantitative estimate of drug-likeness (QED) is 0.304. The maximum Gasteiger partial charge on any atom is 0.0707 e. The van der Waals surface area contributed by atoms with Crippen LogP contribution in [-0.2, 0) is 0 Å². The first-order valence-corrected chi connectivity index (χ1v) is 13.7. The molecular weight excluding hydrogens is 390 g/mol. The topological polar surface area (TPSA) is 55.3 Å². The van der Waals surface area contributed by atoms with E-state index < -0.39 is 0 Å². The number of allylic oxidation sites excluding steroid dienone is 3. The second-order valence-electron chi connectivity index (χ2n) is 12.7. The Kier molecular flexibility index (Phi) is 6.01. The molecule has 0 radical (unpaired) electrons. The predicted molar refractivity (Wildman–Crippen MR) is 134 cm³/mol. The largest absolute Gasteiger partial charge is 0.400 e. The van der Waals surface area contributed by atoms with Crippen LogP contribution in [0, 0.1) is 52.8 Å². The van der Waals surface area contributed by atoms with Gasteiger partial charge in [0, 0.05) is 11.6 Å². The molecule has 0 heterocycles. The molecule has 0 spiro atoms. The lowest BCUT2D eigenvalue weighted by atomic mass is 9.49. The van der Waals surface area contributed by atoms with Crippen molar-refractivity contribution in [2.45, 2.75) is 85.0 Å². The third-order valence-electron chi connectivity index (χ3n) is 11.0. The van der Waals surface area contributed by atoms with E-state index in [0.717, 1.165) is 59.9 Å². The predicted octanol–water partition coefficient (Wildman–Crippen LogP) is 6.39. The summed E-state index contributed by atoms with van der Waals surface area (Å²) in [7, 11) is 0. The van der Waals surface area contributed by atoms with E-state index in [1.54, 1.807) is 0 Å². The van der Waals surface area contributed by atoms with Crippen molar-refractivity contribution in [3.8, 4) is 0 Å². The summed E-state index contributed by atoms with van der Waals surface area (Å²) in [5.41, 5.74) is 10.1. The van der Waals surface area contributed by atoms with Gasteiger partial charge >= 0.3 is 0 Å². The van der Waals surface area contributed by atoms with Gasteiger partial charge in [-0.1, -0.05) is 45.4 Å². The van der Waals surface area contributed by atoms with E-state index in [0.29, 0.717) is 17.3 Å². The van der Waals surface area contributed by atoms with Crippen LogP contribution in [-0.4, -0.2) is 11.6 Å². The Balaban J connectivity index is 1.28. The van der Waals surface area contributed by atoms with Gasteiger partial charge in [-0.05, 0) is 111 Å². The maximum atomic E-state index is 6.55. The fourth-order valence-corrected chi connectivity index (χ4v) is 9.29. The standard InChI is InChI=1S/C29H47N3/c1-18-8-10-22-21(16-18)9-11-24-23(22)14-15-29(4)25(12-13-26(24)29)20(3)17-32(31)27-7-5-6-19(2)28(27)30/h5,7,18-19,21-26H,3,6,8-17,30-31H2,1-2,4H3/t18-,19?,21+,22-,23?,24+,25+,26?,29+/m0/s1. The summed E-state index contributed by atoms with van der Waals surface area (Å²) in [4.78, 5) is 0. The van der Waals surface area contributed by atoms with Crippen LogP contribution < -0.4 is 11.6 Å². The molecule has 0 bridgehead atoms. The Morgan fingerprint density at radius 3 is 2.66 bits per heavy atom. The summed E-state index contributed by atoms with van der Waals surface area (Å²) in [5, 5.41) is 1.88. The van der Waals surface area contributed by atoms with E-state index in [-0.39, 0.29) is 0 Å². The molecule has 4 saturated carbocycles. The average molecular weight is 438 g/mol. The Labute approximate surface area is 196 Å². The van der Waals surface area contributed by atoms with Crippen LogP contribution in [0.25, 0.3) is 0 Å². The first-order chi connectivity index (χ1) is 15.3. The summed E-state index contributed by atoms with van der Waals surface area (Å²) < 4.78 is 0. The second kappa shape index (κ2) is 8.53. The van der Waals surface area contributed by atoms with E-state index in [1.807, 2.05) is 5.01 Å². The SMILES string of the molecule is C=C(CN(N)C1=C(N)C(C)CC=C1)[C@H]1CCC2[C@@H]3CC[C@@H]4C[C@@H](C)CC[C@@H]4C3CC[C@@]21C. The molecule has 0 aliphatic heterocycles. The minimum Gasteiger partial charge on any atom is -0.400 e. The van der Waals surface area contributed by atoms with Crippen LogP contribution in [0.15, 0.2) is 35.7 Å². The molecule has 3 heteroatoms. The monoisotopic (exact) mass is 437 g/mol. The van der Waals surface area contributed by atoms with Crippen LogP contribution in [0.2, 0.25) is 0 Å². The second-order valence-corrected chi connectivity index (χ2v) is 12.7. The number of hydrogen-bond acceptors (Lipinski definition) is 3. The van der Waals surface area contributed by atoms with Crippen molar-refractivity contribution in [3.63, 3.8) is 0 Å². The van der Waals surface area contributed by atoms with E-state index in [4.69, 9.17) is 11.6 Å². The van der Waals surface area contributed by atoms with Crippen LogP contribution >= 0.6 is 0 Å². The number of nitrogens with zero attached hydrogens (tertiary/aromatic N) is 1. The summed E-state index contributed by atoms with van der Waals surface area (Å²) in [6.45, 7) is 12.6. The Hall–Kier alpha value is -1.22. The molecule has 5 aliphatic rings. The smallest absolute Gasteiger partial charge is 0.0707 e. The number of hydrogen-bond donors (Lipinski definition) is 2. The van der Waals surface area contributed by atoms with Gasteiger partial charge in [-0.2, -0.15) is 0 Å². The summed E-state index contributed by atoms with van der Waals surface area (Å²) in [6.07, 6.45) is 18.4. The summed E-state index contributed by atoms with van der Waals surface area (Å²) in [6, 6.07) is 0. The number of rotatable bonds is 4. The van der Waals surface area contributed by atoms with Gasteiger partial charge in [0.2, 0.25) is 0 Å². The van der Waals surface area contributed by atoms with Gasteiger partial charge in [0.15, 0.2) is 0 Å². The van der Waals surface area contributed by atoms with Crippen LogP contribution in [0.5, 0.6) is 0 Å². The highest BCUT2D eigenvalue weighted by molar-refractivity contribution is 5.29. The van der Waals surface area contributed by atoms with Crippen LogP contribution in [0.1, 0.15) is 85.0 Å². The van der Waals surface area contributed by atoms with Crippen molar-refractivity contribution in [2.24, 2.45) is 64.3 Å². The lowest BCUT2D eigenvalue weighted by molar-refractivity contribution is -0.0637. The van der Waals surface area contributed by atoms with Gasteiger partial charge in [0.1, 0.15) is 0 Å². The van der Waals surface area contributed by atoms with E-state index in [1.165, 1.54) is 63.4 Å². The molecule has 4 N–H and O–H groups in total. The minimum absolute atomic E-state index is 0.371. The Bertz CT molecular complexity index is 796. The minimum atomic E-state index is 0.371. The average Bonchev–Trinajstić information content (AvgIpc) is 3.12. The molecule has 32 heavy (non-hydrogen) atoms. The van der Waals surface area contributed by atoms with Crippen molar-refractivity contribution >= 4 is 0 Å². The molecule has 9 atom stereocenters. The van der Waals surface area contributed by atoms with Gasteiger partial charge in [0.25, 0.3) is 0 Å². The van der Waals surface area contributed by atoms with Gasteiger partial charge in [-0.3, -0.25) is 0 Å². The molecule has 0 amide bonds. The highest BCUT2D eigenvalue weighted by atomic mass is 15.4. The normalized spacial score (nSPS) is 45.8. The van der Waals surface area contributed by atoms with Gasteiger partial charge in [-0.15, -0.1) is 0 Å². The van der Waals surface area contributed by atoms with Crippen molar-refractivity contribution in [1.82, 2.24) is 5.01 Å². The summed E-state index contributed by atoms with van der Waals surface area (Å²) in [5.74, 6) is 13.4. The van der Waals surface area contributed by atoms with E-state index in [2.05, 4.69) is 39.5 Å². The molecule has 0 aromatic carbocycles. The third-order valence-corrected chi connectivity index (χ3v) is 11.0. The van der Waals surface area contributed by atoms with Crippen molar-refractivity contribution < 1.29 is 0 Å². The number of nitrogens with two attached hydrogens (primary N) is 2. The molecule has 5 rings (SSSR count). The fraction of sp³-hybridized carbons (Fsp3) is 0.793. The molecule has 3 nitrogen and oxygen atoms in total. The fourth-order valence-electron chi connectivity index (χ4n) is 9.29. The van der Waals surface area contributed by atoms with E-state index in [9.17, 15) is 0 Å². The number of fused-ring (bicyclic) bond motifs is 5. The van der Waals surface area contributed by atoms with E-state index >= 15 is 0 Å². The molecular formula is C29H47N3. The van der Waals surface area contributed by atoms with Gasteiger partial charge < -0.3 is 10.7 Å². The zero-order chi connectivity index (χ0) is 22.6. The molecule has 0 aromatic heterocycles. The molecule has 4 fully saturated rings. The molecule has 178 valence electrons. The van der Waals surface area contributed by atoms with Crippen molar-refractivity contribution in [2.75, 3.05) is 6.54 Å². The maximum absolute atomic E-state index is 6.55. The van der Waals surface area contributed by atoms with Gasteiger partial charge in [-0.25, -0.2) is 5.84 Å². The molecule has 3 unspecified atom stereocenters. The summed E-state index contributed by atoms with van der Waals surface area (Å²) >= 11 is 0. The lowest BCUT2D eigenvalue weighted by Crippen LogP contribution is -2.49. The van der Waals surface area contributed by atoms with Gasteiger partial charge in [0.05, 0.1) is 12.2 Å². The zero-order valence-electron chi connectivity index (χ0n) is 20.9. The molecule has 0 saturated heterocycles. The first-order valence-electron chi connectivity index (χ1n) is 13.7. The van der Waals surface area contributed by atoms with Crippen LogP contribution in [0.3, 0.4) is 0 Å². The Morgan fingerprint density at radius 2 is 1.84 bits per heavy atom. The Morgan fingerprint density at radius 1 is 1.06 bits per heavy atom.